The van der Waals surface area contributed by atoms with E-state index in [0.29, 0.717) is 11.7 Å². The monoisotopic (exact) mass is 444 g/mol. The highest BCUT2D eigenvalue weighted by atomic mass is 16.4. The van der Waals surface area contributed by atoms with Gasteiger partial charge in [0.05, 0.1) is 0 Å². The van der Waals surface area contributed by atoms with Crippen LogP contribution >= 0.6 is 0 Å². The Hall–Kier alpha value is -3.12. The number of allylic oxidation sites excluding steroid dienone is 1. The van der Waals surface area contributed by atoms with Crippen LogP contribution in [0.1, 0.15) is 69.4 Å². The van der Waals surface area contributed by atoms with Crippen molar-refractivity contribution in [3.05, 3.63) is 71.8 Å². The molecule has 2 aromatic rings. The lowest BCUT2D eigenvalue weighted by Gasteiger charge is -2.05. The van der Waals surface area contributed by atoms with Gasteiger partial charge in [-0.25, -0.2) is 4.79 Å². The van der Waals surface area contributed by atoms with Crippen molar-refractivity contribution in [2.75, 3.05) is 0 Å². The number of Topliss-reactive ketones (excluding diaryl/α,β-unsaturated/α-hetero) is 1. The van der Waals surface area contributed by atoms with Crippen LogP contribution in [0.15, 0.2) is 60.7 Å². The van der Waals surface area contributed by atoms with Gasteiger partial charge in [-0.2, -0.15) is 0 Å². The fourth-order valence-corrected chi connectivity index (χ4v) is 4.09. The van der Waals surface area contributed by atoms with Gasteiger partial charge < -0.3 is 5.11 Å². The summed E-state index contributed by atoms with van der Waals surface area (Å²) in [4.78, 5) is 21.4. The third-order valence-electron chi connectivity index (χ3n) is 5.86. The predicted octanol–water partition coefficient (Wildman–Crippen LogP) is 7.17. The molecule has 0 aliphatic heterocycles. The molecular formula is C30H36O3. The fourth-order valence-electron chi connectivity index (χ4n) is 4.09. The molecule has 0 amide bonds. The van der Waals surface area contributed by atoms with Gasteiger partial charge in [-0.3, -0.25) is 4.79 Å². The lowest BCUT2D eigenvalue weighted by molar-refractivity contribution is -0.131. The molecule has 0 unspecified atom stereocenters. The van der Waals surface area contributed by atoms with E-state index in [9.17, 15) is 9.59 Å². The van der Waals surface area contributed by atoms with Crippen molar-refractivity contribution < 1.29 is 14.7 Å². The Kier molecular flexibility index (Phi) is 11.8. The predicted molar refractivity (Wildman–Crippen MR) is 136 cm³/mol. The highest BCUT2D eigenvalue weighted by Gasteiger charge is 2.23. The van der Waals surface area contributed by atoms with Crippen LogP contribution in [0.25, 0.3) is 11.1 Å². The summed E-state index contributed by atoms with van der Waals surface area (Å²) in [5.74, 6) is 5.90. The number of rotatable bonds is 9. The number of aliphatic carboxylic acids is 1. The third kappa shape index (κ3) is 10.4. The number of ketones is 1. The molecule has 0 spiro atoms. The van der Waals surface area contributed by atoms with Gasteiger partial charge in [0.1, 0.15) is 5.78 Å². The maximum Gasteiger partial charge on any atom is 0.327 e. The third-order valence-corrected chi connectivity index (χ3v) is 5.86. The molecule has 3 nitrogen and oxygen atoms in total. The van der Waals surface area contributed by atoms with Gasteiger partial charge >= 0.3 is 5.97 Å². The molecule has 1 fully saturated rings. The lowest BCUT2D eigenvalue weighted by atomic mass is 9.99. The molecule has 3 heteroatoms. The van der Waals surface area contributed by atoms with Crippen LogP contribution in [-0.2, 0) is 16.0 Å². The normalized spacial score (nSPS) is 15.0. The van der Waals surface area contributed by atoms with Crippen LogP contribution in [0.5, 0.6) is 0 Å². The largest absolute Gasteiger partial charge is 0.478 e. The minimum Gasteiger partial charge on any atom is -0.478 e. The maximum atomic E-state index is 11.3. The number of carbonyl (C=O) groups excluding carboxylic acids is 1. The Labute approximate surface area is 198 Å². The number of carbonyl (C=O) groups is 2. The second-order valence-corrected chi connectivity index (χ2v) is 8.58. The molecule has 0 bridgehead atoms. The summed E-state index contributed by atoms with van der Waals surface area (Å²) >= 11 is 0. The van der Waals surface area contributed by atoms with Crippen molar-refractivity contribution >= 4 is 11.8 Å². The van der Waals surface area contributed by atoms with Crippen LogP contribution in [-0.4, -0.2) is 16.9 Å². The van der Waals surface area contributed by atoms with Crippen molar-refractivity contribution in [1.29, 1.82) is 0 Å². The highest BCUT2D eigenvalue weighted by molar-refractivity contribution is 5.82. The Morgan fingerprint density at radius 1 is 1.12 bits per heavy atom. The van der Waals surface area contributed by atoms with Crippen LogP contribution in [0.2, 0.25) is 0 Å². The minimum atomic E-state index is -0.888. The smallest absolute Gasteiger partial charge is 0.327 e. The molecule has 1 aliphatic carbocycles. The first kappa shape index (κ1) is 26.1. The summed E-state index contributed by atoms with van der Waals surface area (Å²) in [5, 5.41) is 8.35. The van der Waals surface area contributed by atoms with Crippen molar-refractivity contribution in [2.24, 2.45) is 5.92 Å². The van der Waals surface area contributed by atoms with Gasteiger partial charge in [0, 0.05) is 24.8 Å². The van der Waals surface area contributed by atoms with E-state index in [0.717, 1.165) is 57.8 Å². The molecular weight excluding hydrogens is 408 g/mol. The number of hydrogen-bond acceptors (Lipinski definition) is 2. The molecule has 1 N–H and O–H groups in total. The molecule has 174 valence electrons. The zero-order chi connectivity index (χ0) is 23.9. The zero-order valence-corrected chi connectivity index (χ0v) is 20.0. The second kappa shape index (κ2) is 14.9. The van der Waals surface area contributed by atoms with E-state index in [1.165, 1.54) is 28.3 Å². The SMILES string of the molecule is CC#CCCc1cccc(-c2cccc(C)c2)c1.O=C(O)/C=C/CCCC[C@@H]1CCCC1=O. The molecule has 1 saturated carbocycles. The van der Waals surface area contributed by atoms with Crippen molar-refractivity contribution in [3.8, 4) is 23.0 Å². The number of hydrogen-bond donors (Lipinski definition) is 1. The van der Waals surface area contributed by atoms with Gasteiger partial charge in [0.15, 0.2) is 0 Å². The number of carboxylic acids is 1. The molecule has 0 aromatic heterocycles. The van der Waals surface area contributed by atoms with E-state index in [1.807, 2.05) is 6.92 Å². The Morgan fingerprint density at radius 2 is 1.88 bits per heavy atom. The fraction of sp³-hybridized carbons (Fsp3) is 0.400. The number of benzene rings is 2. The average Bonchev–Trinajstić information content (AvgIpc) is 3.21. The quantitative estimate of drug-likeness (QED) is 0.253. The molecule has 33 heavy (non-hydrogen) atoms. The Bertz CT molecular complexity index is 991. The first-order valence-electron chi connectivity index (χ1n) is 12.0. The van der Waals surface area contributed by atoms with Gasteiger partial charge in [-0.1, -0.05) is 66.6 Å². The van der Waals surface area contributed by atoms with Crippen LogP contribution in [0.4, 0.5) is 0 Å². The first-order chi connectivity index (χ1) is 16.0. The summed E-state index contributed by atoms with van der Waals surface area (Å²) in [7, 11) is 0. The van der Waals surface area contributed by atoms with Gasteiger partial charge in [-0.15, -0.1) is 11.8 Å². The standard InChI is InChI=1S/C18H18.C12H18O3/c1-3-4-5-9-16-10-7-12-18(14-16)17-11-6-8-15(2)13-17;13-11-8-5-7-10(11)6-3-1-2-4-9-12(14)15/h6-8,10-14H,5,9H2,1-2H3;4,9-10H,1-3,5-8H2,(H,14,15)/b;9-4+/t;10-/m.1/s1. The topological polar surface area (TPSA) is 54.4 Å². The van der Waals surface area contributed by atoms with E-state index in [4.69, 9.17) is 5.11 Å². The summed E-state index contributed by atoms with van der Waals surface area (Å²) in [6, 6.07) is 17.4. The van der Waals surface area contributed by atoms with E-state index in [-0.39, 0.29) is 0 Å². The minimum absolute atomic E-state index is 0.299. The molecule has 0 heterocycles. The Balaban J connectivity index is 0.000000238. The Morgan fingerprint density at radius 3 is 2.55 bits per heavy atom. The number of aryl methyl sites for hydroxylation is 2. The van der Waals surface area contributed by atoms with Crippen molar-refractivity contribution in [2.45, 2.75) is 71.6 Å². The van der Waals surface area contributed by atoms with Crippen LogP contribution < -0.4 is 0 Å². The molecule has 2 aromatic carbocycles. The van der Waals surface area contributed by atoms with Crippen molar-refractivity contribution in [3.63, 3.8) is 0 Å². The summed E-state index contributed by atoms with van der Waals surface area (Å²) < 4.78 is 0. The van der Waals surface area contributed by atoms with Gasteiger partial charge in [0.2, 0.25) is 0 Å². The van der Waals surface area contributed by atoms with Gasteiger partial charge in [0.25, 0.3) is 0 Å². The second-order valence-electron chi connectivity index (χ2n) is 8.58. The van der Waals surface area contributed by atoms with E-state index in [2.05, 4.69) is 67.3 Å². The highest BCUT2D eigenvalue weighted by Crippen LogP contribution is 2.26. The summed E-state index contributed by atoms with van der Waals surface area (Å²) in [6.45, 7) is 4.02. The van der Waals surface area contributed by atoms with Crippen LogP contribution in [0, 0.1) is 24.7 Å². The van der Waals surface area contributed by atoms with E-state index in [1.54, 1.807) is 6.08 Å². The number of unbranched alkanes of at least 4 members (excludes halogenated alkanes) is 2. The number of carboxylic acid groups (broad SMARTS) is 1. The lowest BCUT2D eigenvalue weighted by Crippen LogP contribution is -2.05. The maximum absolute atomic E-state index is 11.3. The molecule has 0 radical (unpaired) electrons. The average molecular weight is 445 g/mol. The molecule has 1 atom stereocenters. The van der Waals surface area contributed by atoms with Gasteiger partial charge in [-0.05, 0) is 69.1 Å². The van der Waals surface area contributed by atoms with Crippen molar-refractivity contribution in [1.82, 2.24) is 0 Å². The zero-order valence-electron chi connectivity index (χ0n) is 20.0. The van der Waals surface area contributed by atoms with E-state index < -0.39 is 5.97 Å². The summed E-state index contributed by atoms with van der Waals surface area (Å²) in [6.07, 6.45) is 11.5. The molecule has 1 aliphatic rings. The van der Waals surface area contributed by atoms with Crippen LogP contribution in [0.3, 0.4) is 0 Å². The summed E-state index contributed by atoms with van der Waals surface area (Å²) in [5.41, 5.74) is 5.24. The van der Waals surface area contributed by atoms with E-state index >= 15 is 0 Å². The molecule has 3 rings (SSSR count). The molecule has 0 saturated heterocycles. The first-order valence-corrected chi connectivity index (χ1v) is 12.0.